The molecule has 1 saturated heterocycles. The number of nitrogens with zero attached hydrogens (tertiary/aromatic N) is 2. The van der Waals surface area contributed by atoms with Gasteiger partial charge in [0.25, 0.3) is 0 Å². The highest BCUT2D eigenvalue weighted by molar-refractivity contribution is 6.35. The van der Waals surface area contributed by atoms with E-state index in [9.17, 15) is 4.79 Å². The Hall–Kier alpha value is -1.27. The maximum Gasteiger partial charge on any atom is 0.241 e. The molecule has 0 spiro atoms. The number of ether oxygens (including phenoxy) is 1. The quantitative estimate of drug-likeness (QED) is 0.768. The SMILES string of the molecule is Cc1nn(CC(=O)NCC2(c3ccc(Cl)cc3Cl)CCOCC2)c(C)c1Cl. The van der Waals surface area contributed by atoms with E-state index in [1.807, 2.05) is 26.0 Å². The van der Waals surface area contributed by atoms with Crippen LogP contribution >= 0.6 is 34.8 Å². The summed E-state index contributed by atoms with van der Waals surface area (Å²) in [5, 5.41) is 9.16. The van der Waals surface area contributed by atoms with E-state index in [1.54, 1.807) is 10.7 Å². The molecule has 0 saturated carbocycles. The highest BCUT2D eigenvalue weighted by Gasteiger charge is 2.36. The highest BCUT2D eigenvalue weighted by atomic mass is 35.5. The maximum absolute atomic E-state index is 12.5. The molecule has 0 radical (unpaired) electrons. The van der Waals surface area contributed by atoms with Gasteiger partial charge in [-0.15, -0.1) is 0 Å². The molecule has 1 amide bonds. The number of hydrogen-bond acceptors (Lipinski definition) is 3. The lowest BCUT2D eigenvalue weighted by molar-refractivity contribution is -0.122. The van der Waals surface area contributed by atoms with Gasteiger partial charge in [0.15, 0.2) is 0 Å². The normalized spacial score (nSPS) is 16.3. The molecule has 3 rings (SSSR count). The number of halogens is 3. The first-order chi connectivity index (χ1) is 12.8. The summed E-state index contributed by atoms with van der Waals surface area (Å²) >= 11 is 18.7. The fraction of sp³-hybridized carbons (Fsp3) is 0.474. The average Bonchev–Trinajstić information content (AvgIpc) is 2.87. The minimum absolute atomic E-state index is 0.117. The van der Waals surface area contributed by atoms with Crippen molar-refractivity contribution in [1.82, 2.24) is 15.1 Å². The van der Waals surface area contributed by atoms with Gasteiger partial charge in [0.2, 0.25) is 5.91 Å². The molecule has 2 heterocycles. The summed E-state index contributed by atoms with van der Waals surface area (Å²) in [4.78, 5) is 12.5. The van der Waals surface area contributed by atoms with Crippen molar-refractivity contribution >= 4 is 40.7 Å². The number of aryl methyl sites for hydroxylation is 1. The molecular weight excluding hydrogens is 409 g/mol. The van der Waals surface area contributed by atoms with E-state index in [0.717, 1.165) is 29.8 Å². The summed E-state index contributed by atoms with van der Waals surface area (Å²) in [5.74, 6) is -0.117. The zero-order chi connectivity index (χ0) is 19.6. The monoisotopic (exact) mass is 429 g/mol. The number of aromatic nitrogens is 2. The topological polar surface area (TPSA) is 56.2 Å². The third-order valence-electron chi connectivity index (χ3n) is 5.16. The van der Waals surface area contributed by atoms with Crippen LogP contribution in [0, 0.1) is 13.8 Å². The van der Waals surface area contributed by atoms with Crippen molar-refractivity contribution in [1.29, 1.82) is 0 Å². The third kappa shape index (κ3) is 4.43. The summed E-state index contributed by atoms with van der Waals surface area (Å²) < 4.78 is 7.16. The zero-order valence-electron chi connectivity index (χ0n) is 15.3. The molecular formula is C19H22Cl3N3O2. The van der Waals surface area contributed by atoms with Crippen molar-refractivity contribution in [3.8, 4) is 0 Å². The van der Waals surface area contributed by atoms with E-state index in [-0.39, 0.29) is 17.9 Å². The summed E-state index contributed by atoms with van der Waals surface area (Å²) in [6.07, 6.45) is 1.56. The van der Waals surface area contributed by atoms with Gasteiger partial charge < -0.3 is 10.1 Å². The average molecular weight is 431 g/mol. The van der Waals surface area contributed by atoms with Crippen LogP contribution in [0.3, 0.4) is 0 Å². The van der Waals surface area contributed by atoms with Crippen LogP contribution in [0.5, 0.6) is 0 Å². The molecule has 1 aliphatic rings. The molecule has 0 aliphatic carbocycles. The fourth-order valence-corrected chi connectivity index (χ4v) is 4.26. The Morgan fingerprint density at radius 2 is 1.96 bits per heavy atom. The fourth-order valence-electron chi connectivity index (χ4n) is 3.51. The number of carbonyl (C=O) groups is 1. The van der Waals surface area contributed by atoms with E-state index in [1.165, 1.54) is 0 Å². The predicted molar refractivity (Wildman–Crippen MR) is 108 cm³/mol. The van der Waals surface area contributed by atoms with Crippen LogP contribution in [0.1, 0.15) is 29.8 Å². The molecule has 1 aromatic heterocycles. The Kier molecular flexibility index (Phi) is 6.36. The van der Waals surface area contributed by atoms with E-state index < -0.39 is 0 Å². The summed E-state index contributed by atoms with van der Waals surface area (Å²) in [6.45, 7) is 5.53. The Morgan fingerprint density at radius 1 is 1.26 bits per heavy atom. The number of benzene rings is 1. The maximum atomic E-state index is 12.5. The zero-order valence-corrected chi connectivity index (χ0v) is 17.6. The summed E-state index contributed by atoms with van der Waals surface area (Å²) in [5.41, 5.74) is 2.22. The Labute approximate surface area is 173 Å². The van der Waals surface area contributed by atoms with E-state index in [4.69, 9.17) is 39.5 Å². The number of amides is 1. The number of nitrogens with one attached hydrogen (secondary N) is 1. The van der Waals surface area contributed by atoms with Gasteiger partial charge in [-0.2, -0.15) is 5.10 Å². The molecule has 146 valence electrons. The molecule has 27 heavy (non-hydrogen) atoms. The minimum atomic E-state index is -0.275. The molecule has 0 atom stereocenters. The van der Waals surface area contributed by atoms with E-state index in [0.29, 0.717) is 34.8 Å². The van der Waals surface area contributed by atoms with Gasteiger partial charge in [-0.05, 0) is 44.4 Å². The molecule has 1 aliphatic heterocycles. The number of rotatable bonds is 5. The van der Waals surface area contributed by atoms with Gasteiger partial charge in [0.1, 0.15) is 6.54 Å². The second-order valence-electron chi connectivity index (χ2n) is 6.94. The Bertz CT molecular complexity index is 845. The molecule has 1 aromatic carbocycles. The summed E-state index contributed by atoms with van der Waals surface area (Å²) in [7, 11) is 0. The first-order valence-electron chi connectivity index (χ1n) is 8.82. The van der Waals surface area contributed by atoms with Crippen molar-refractivity contribution in [2.75, 3.05) is 19.8 Å². The van der Waals surface area contributed by atoms with Crippen molar-refractivity contribution in [2.45, 2.75) is 38.6 Å². The van der Waals surface area contributed by atoms with Gasteiger partial charge in [-0.3, -0.25) is 9.48 Å². The predicted octanol–water partition coefficient (Wildman–Crippen LogP) is 4.32. The molecule has 2 aromatic rings. The van der Waals surface area contributed by atoms with Crippen LogP contribution in [-0.2, 0) is 21.5 Å². The first kappa shape index (κ1) is 20.5. The lowest BCUT2D eigenvalue weighted by Gasteiger charge is -2.38. The highest BCUT2D eigenvalue weighted by Crippen LogP contribution is 2.39. The van der Waals surface area contributed by atoms with Crippen LogP contribution in [-0.4, -0.2) is 35.4 Å². The largest absolute Gasteiger partial charge is 0.381 e. The second kappa shape index (κ2) is 8.39. The van der Waals surface area contributed by atoms with E-state index >= 15 is 0 Å². The van der Waals surface area contributed by atoms with Crippen molar-refractivity contribution in [2.24, 2.45) is 0 Å². The molecule has 0 bridgehead atoms. The molecule has 1 N–H and O–H groups in total. The molecule has 8 heteroatoms. The van der Waals surface area contributed by atoms with Gasteiger partial charge in [0.05, 0.1) is 16.4 Å². The molecule has 5 nitrogen and oxygen atoms in total. The van der Waals surface area contributed by atoms with E-state index in [2.05, 4.69) is 10.4 Å². The van der Waals surface area contributed by atoms with Crippen molar-refractivity contribution < 1.29 is 9.53 Å². The Balaban J connectivity index is 1.75. The lowest BCUT2D eigenvalue weighted by atomic mass is 9.74. The lowest BCUT2D eigenvalue weighted by Crippen LogP contribution is -2.45. The van der Waals surface area contributed by atoms with Gasteiger partial charge in [0, 0.05) is 35.2 Å². The first-order valence-corrected chi connectivity index (χ1v) is 9.95. The second-order valence-corrected chi connectivity index (χ2v) is 8.16. The summed E-state index contributed by atoms with van der Waals surface area (Å²) in [6, 6.07) is 5.53. The smallest absolute Gasteiger partial charge is 0.241 e. The number of carbonyl (C=O) groups excluding carboxylic acids is 1. The number of hydrogen-bond donors (Lipinski definition) is 1. The van der Waals surface area contributed by atoms with Crippen LogP contribution in [0.15, 0.2) is 18.2 Å². The van der Waals surface area contributed by atoms with Crippen LogP contribution in [0.4, 0.5) is 0 Å². The third-order valence-corrected chi connectivity index (χ3v) is 6.26. The van der Waals surface area contributed by atoms with Crippen LogP contribution < -0.4 is 5.32 Å². The molecule has 0 unspecified atom stereocenters. The Morgan fingerprint density at radius 3 is 2.56 bits per heavy atom. The van der Waals surface area contributed by atoms with Gasteiger partial charge >= 0.3 is 0 Å². The van der Waals surface area contributed by atoms with Crippen molar-refractivity contribution in [3.05, 3.63) is 50.2 Å². The molecule has 1 fully saturated rings. The van der Waals surface area contributed by atoms with Crippen molar-refractivity contribution in [3.63, 3.8) is 0 Å². The minimum Gasteiger partial charge on any atom is -0.381 e. The van der Waals surface area contributed by atoms with Crippen LogP contribution in [0.25, 0.3) is 0 Å². The van der Waals surface area contributed by atoms with Gasteiger partial charge in [-0.1, -0.05) is 40.9 Å². The van der Waals surface area contributed by atoms with Crippen LogP contribution in [0.2, 0.25) is 15.1 Å². The standard InChI is InChI=1S/C19H22Cl3N3O2/c1-12-18(22)13(2)25(24-12)10-17(26)23-11-19(5-7-27-8-6-19)15-4-3-14(20)9-16(15)21/h3-4,9H,5-8,10-11H2,1-2H3,(H,23,26). The van der Waals surface area contributed by atoms with Gasteiger partial charge in [-0.25, -0.2) is 0 Å².